The third kappa shape index (κ3) is 5.43. The number of rotatable bonds is 6. The van der Waals surface area contributed by atoms with Crippen LogP contribution in [-0.4, -0.2) is 65.4 Å². The van der Waals surface area contributed by atoms with Gasteiger partial charge in [-0.3, -0.25) is 9.69 Å². The highest BCUT2D eigenvalue weighted by atomic mass is 19.4. The van der Waals surface area contributed by atoms with Crippen LogP contribution in [0.1, 0.15) is 5.56 Å². The average molecular weight is 460 g/mol. The van der Waals surface area contributed by atoms with Crippen LogP contribution in [0.3, 0.4) is 0 Å². The highest BCUT2D eigenvalue weighted by Crippen LogP contribution is 2.33. The summed E-state index contributed by atoms with van der Waals surface area (Å²) in [5.41, 5.74) is 0.548. The smallest absolute Gasteiger partial charge is 0.416 e. The fourth-order valence-electron chi connectivity index (χ4n) is 3.69. The Morgan fingerprint density at radius 3 is 2.42 bits per heavy atom. The van der Waals surface area contributed by atoms with Gasteiger partial charge in [-0.15, -0.1) is 0 Å². The second-order valence-corrected chi connectivity index (χ2v) is 7.58. The van der Waals surface area contributed by atoms with Gasteiger partial charge in [0.1, 0.15) is 18.4 Å². The van der Waals surface area contributed by atoms with Crippen molar-refractivity contribution in [3.63, 3.8) is 0 Å². The van der Waals surface area contributed by atoms with Crippen LogP contribution < -0.4 is 15.0 Å². The number of hydrogen-bond acceptors (Lipinski definition) is 6. The van der Waals surface area contributed by atoms with E-state index in [1.54, 1.807) is 7.11 Å². The predicted octanol–water partition coefficient (Wildman–Crippen LogP) is 3.06. The van der Waals surface area contributed by atoms with E-state index in [2.05, 4.69) is 20.3 Å². The Hall–Kier alpha value is -3.60. The van der Waals surface area contributed by atoms with E-state index >= 15 is 0 Å². The minimum atomic E-state index is -4.53. The molecule has 0 unspecified atom stereocenters. The molecule has 174 valence electrons. The maximum atomic E-state index is 13.2. The van der Waals surface area contributed by atoms with Crippen molar-refractivity contribution in [2.24, 2.45) is 0 Å². The summed E-state index contributed by atoms with van der Waals surface area (Å²) in [5, 5.41) is 6.58. The first kappa shape index (κ1) is 22.6. The van der Waals surface area contributed by atoms with Gasteiger partial charge >= 0.3 is 6.18 Å². The van der Waals surface area contributed by atoms with Crippen LogP contribution >= 0.6 is 0 Å². The molecule has 3 aromatic rings. The van der Waals surface area contributed by atoms with E-state index in [-0.39, 0.29) is 12.2 Å². The molecule has 1 fully saturated rings. The third-order valence-corrected chi connectivity index (χ3v) is 5.44. The Morgan fingerprint density at radius 2 is 1.82 bits per heavy atom. The van der Waals surface area contributed by atoms with Crippen molar-refractivity contribution in [1.82, 2.24) is 19.7 Å². The number of methoxy groups -OCH3 is 1. The molecule has 4 rings (SSSR count). The third-order valence-electron chi connectivity index (χ3n) is 5.44. The zero-order valence-corrected chi connectivity index (χ0v) is 17.9. The molecule has 0 aliphatic carbocycles. The molecule has 1 aliphatic heterocycles. The number of benzene rings is 2. The molecule has 0 saturated carbocycles. The van der Waals surface area contributed by atoms with Crippen LogP contribution in [0, 0.1) is 0 Å². The summed E-state index contributed by atoms with van der Waals surface area (Å²) in [6.07, 6.45) is -1.90. The number of carbonyl (C=O) groups is 1. The van der Waals surface area contributed by atoms with E-state index in [1.807, 2.05) is 29.2 Å². The topological polar surface area (TPSA) is 75.5 Å². The molecule has 1 amide bonds. The molecule has 1 aliphatic rings. The maximum absolute atomic E-state index is 13.2. The van der Waals surface area contributed by atoms with Crippen molar-refractivity contribution in [3.8, 4) is 11.4 Å². The number of ether oxygens (including phenoxy) is 1. The maximum Gasteiger partial charge on any atom is 0.416 e. The van der Waals surface area contributed by atoms with E-state index in [1.165, 1.54) is 23.4 Å². The van der Waals surface area contributed by atoms with Crippen molar-refractivity contribution in [2.45, 2.75) is 6.18 Å². The van der Waals surface area contributed by atoms with Gasteiger partial charge in [0.25, 0.3) is 0 Å². The first-order valence-electron chi connectivity index (χ1n) is 10.3. The van der Waals surface area contributed by atoms with Crippen LogP contribution in [0.15, 0.2) is 55.1 Å². The molecule has 1 aromatic heterocycles. The number of hydrogen-bond donors (Lipinski definition) is 1. The summed E-state index contributed by atoms with van der Waals surface area (Å²) in [6.45, 7) is 2.83. The minimum absolute atomic E-state index is 0.0252. The van der Waals surface area contributed by atoms with Gasteiger partial charge in [0, 0.05) is 31.9 Å². The van der Waals surface area contributed by atoms with E-state index < -0.39 is 17.6 Å². The van der Waals surface area contributed by atoms with Gasteiger partial charge in [0.15, 0.2) is 0 Å². The van der Waals surface area contributed by atoms with E-state index in [0.29, 0.717) is 18.8 Å². The SMILES string of the molecule is COc1ccc(N2CCN(CC(=O)Nc3cc(C(F)(F)F)ccc3-n3cncn3)CC2)cc1. The molecule has 11 heteroatoms. The molecule has 1 saturated heterocycles. The second-order valence-electron chi connectivity index (χ2n) is 7.58. The molecule has 0 bridgehead atoms. The van der Waals surface area contributed by atoms with Gasteiger partial charge in [0.05, 0.1) is 30.6 Å². The van der Waals surface area contributed by atoms with Gasteiger partial charge in [-0.1, -0.05) is 0 Å². The Morgan fingerprint density at radius 1 is 1.09 bits per heavy atom. The van der Waals surface area contributed by atoms with Gasteiger partial charge in [-0.25, -0.2) is 9.67 Å². The molecule has 0 spiro atoms. The lowest BCUT2D eigenvalue weighted by molar-refractivity contribution is -0.137. The van der Waals surface area contributed by atoms with Gasteiger partial charge < -0.3 is 15.0 Å². The van der Waals surface area contributed by atoms with E-state index in [0.717, 1.165) is 36.7 Å². The molecular weight excluding hydrogens is 437 g/mol. The standard InChI is InChI=1S/C22H23F3N6O2/c1-33-18-5-3-17(4-6-18)30-10-8-29(9-11-30)13-21(32)28-19-12-16(22(23,24)25)2-7-20(19)31-15-26-14-27-31/h2-7,12,14-15H,8-11,13H2,1H3,(H,28,32). The highest BCUT2D eigenvalue weighted by Gasteiger charge is 2.31. The number of amides is 1. The zero-order valence-electron chi connectivity index (χ0n) is 17.9. The van der Waals surface area contributed by atoms with Crippen molar-refractivity contribution in [1.29, 1.82) is 0 Å². The Bertz CT molecular complexity index is 1080. The van der Waals surface area contributed by atoms with Crippen molar-refractivity contribution >= 4 is 17.3 Å². The molecule has 2 heterocycles. The summed E-state index contributed by atoms with van der Waals surface area (Å²) in [5.74, 6) is 0.391. The van der Waals surface area contributed by atoms with Gasteiger partial charge in [-0.05, 0) is 42.5 Å². The number of carbonyl (C=O) groups excluding carboxylic acids is 1. The monoisotopic (exact) mass is 460 g/mol. The number of alkyl halides is 3. The van der Waals surface area contributed by atoms with Crippen LogP contribution in [-0.2, 0) is 11.0 Å². The molecule has 33 heavy (non-hydrogen) atoms. The van der Waals surface area contributed by atoms with Crippen molar-refractivity contribution < 1.29 is 22.7 Å². The van der Waals surface area contributed by atoms with Crippen molar-refractivity contribution in [3.05, 3.63) is 60.7 Å². The zero-order chi connectivity index (χ0) is 23.4. The minimum Gasteiger partial charge on any atom is -0.497 e. The number of aromatic nitrogens is 3. The summed E-state index contributed by atoms with van der Waals surface area (Å²) >= 11 is 0. The van der Waals surface area contributed by atoms with Crippen LogP contribution in [0.4, 0.5) is 24.5 Å². The number of piperazine rings is 1. The number of anilines is 2. The number of halogens is 3. The van der Waals surface area contributed by atoms with Crippen LogP contribution in [0.5, 0.6) is 5.75 Å². The fraction of sp³-hybridized carbons (Fsp3) is 0.318. The molecule has 0 atom stereocenters. The Balaban J connectivity index is 1.39. The molecule has 1 N–H and O–H groups in total. The number of nitrogens with one attached hydrogen (secondary N) is 1. The van der Waals surface area contributed by atoms with Crippen LogP contribution in [0.2, 0.25) is 0 Å². The highest BCUT2D eigenvalue weighted by molar-refractivity contribution is 5.94. The summed E-state index contributed by atoms with van der Waals surface area (Å²) < 4.78 is 46.1. The second kappa shape index (κ2) is 9.49. The lowest BCUT2D eigenvalue weighted by atomic mass is 10.1. The summed E-state index contributed by atoms with van der Waals surface area (Å²) in [6, 6.07) is 10.9. The summed E-state index contributed by atoms with van der Waals surface area (Å²) in [4.78, 5) is 20.7. The molecule has 2 aromatic carbocycles. The average Bonchev–Trinajstić information content (AvgIpc) is 3.34. The quantitative estimate of drug-likeness (QED) is 0.610. The lowest BCUT2D eigenvalue weighted by Gasteiger charge is -2.35. The molecular formula is C22H23F3N6O2. The predicted molar refractivity (Wildman–Crippen MR) is 117 cm³/mol. The van der Waals surface area contributed by atoms with Crippen molar-refractivity contribution in [2.75, 3.05) is 50.1 Å². The molecule has 0 radical (unpaired) electrons. The largest absolute Gasteiger partial charge is 0.497 e. The normalized spacial score (nSPS) is 14.8. The Kier molecular flexibility index (Phi) is 6.50. The first-order chi connectivity index (χ1) is 15.8. The fourth-order valence-corrected chi connectivity index (χ4v) is 3.69. The summed E-state index contributed by atoms with van der Waals surface area (Å²) in [7, 11) is 1.62. The lowest BCUT2D eigenvalue weighted by Crippen LogP contribution is -2.48. The van der Waals surface area contributed by atoms with E-state index in [9.17, 15) is 18.0 Å². The first-order valence-corrected chi connectivity index (χ1v) is 10.3. The van der Waals surface area contributed by atoms with E-state index in [4.69, 9.17) is 4.74 Å². The number of nitrogens with zero attached hydrogens (tertiary/aromatic N) is 5. The van der Waals surface area contributed by atoms with Gasteiger partial charge in [-0.2, -0.15) is 18.3 Å². The Labute approximate surface area is 188 Å². The molecule has 8 nitrogen and oxygen atoms in total. The van der Waals surface area contributed by atoms with Crippen LogP contribution in [0.25, 0.3) is 5.69 Å². The van der Waals surface area contributed by atoms with Gasteiger partial charge in [0.2, 0.25) is 5.91 Å².